The molecule has 0 saturated heterocycles. The smallest absolute Gasteiger partial charge is 0.285 e. The molecular formula is C17H17N3O5. The van der Waals surface area contributed by atoms with Gasteiger partial charge in [-0.1, -0.05) is 30.3 Å². The molecule has 0 aliphatic heterocycles. The highest BCUT2D eigenvalue weighted by Gasteiger charge is 2.18. The monoisotopic (exact) mass is 343 g/mol. The van der Waals surface area contributed by atoms with Crippen molar-refractivity contribution in [3.05, 3.63) is 74.7 Å². The summed E-state index contributed by atoms with van der Waals surface area (Å²) in [6, 6.07) is 10.6. The second kappa shape index (κ2) is 8.00. The van der Waals surface area contributed by atoms with Crippen LogP contribution >= 0.6 is 0 Å². The number of amides is 1. The van der Waals surface area contributed by atoms with Crippen molar-refractivity contribution in [3.8, 4) is 0 Å². The van der Waals surface area contributed by atoms with Crippen LogP contribution in [0, 0.1) is 10.1 Å². The van der Waals surface area contributed by atoms with E-state index in [4.69, 9.17) is 0 Å². The number of benzene rings is 1. The number of hydrogen-bond acceptors (Lipinski definition) is 5. The first kappa shape index (κ1) is 18.1. The number of ketones is 1. The van der Waals surface area contributed by atoms with Gasteiger partial charge in [-0.05, 0) is 18.9 Å². The molecule has 8 heteroatoms. The van der Waals surface area contributed by atoms with Crippen LogP contribution in [0.15, 0.2) is 53.5 Å². The number of carbonyl (C=O) groups excluding carboxylic acids is 2. The van der Waals surface area contributed by atoms with Crippen LogP contribution in [-0.4, -0.2) is 27.2 Å². The number of pyridine rings is 1. The summed E-state index contributed by atoms with van der Waals surface area (Å²) >= 11 is 0. The lowest BCUT2D eigenvalue weighted by Crippen LogP contribution is -2.43. The maximum absolute atomic E-state index is 12.2. The lowest BCUT2D eigenvalue weighted by atomic mass is 10.0. The molecule has 2 aromatic rings. The Morgan fingerprint density at radius 1 is 1.20 bits per heavy atom. The van der Waals surface area contributed by atoms with Gasteiger partial charge in [-0.25, -0.2) is 0 Å². The summed E-state index contributed by atoms with van der Waals surface area (Å²) in [5.41, 5.74) is 0.0542. The van der Waals surface area contributed by atoms with E-state index in [0.29, 0.717) is 6.42 Å². The Morgan fingerprint density at radius 3 is 2.48 bits per heavy atom. The van der Waals surface area contributed by atoms with Crippen molar-refractivity contribution in [2.24, 2.45) is 0 Å². The molecule has 1 aromatic heterocycles. The molecule has 8 nitrogen and oxygen atoms in total. The third-order valence-electron chi connectivity index (χ3n) is 3.60. The average molecular weight is 343 g/mol. The van der Waals surface area contributed by atoms with E-state index in [2.05, 4.69) is 5.32 Å². The normalized spacial score (nSPS) is 11.6. The van der Waals surface area contributed by atoms with Crippen molar-refractivity contribution < 1.29 is 14.5 Å². The molecule has 1 aromatic carbocycles. The summed E-state index contributed by atoms with van der Waals surface area (Å²) < 4.78 is 0.938. The summed E-state index contributed by atoms with van der Waals surface area (Å²) in [6.07, 6.45) is 1.33. The molecule has 1 atom stereocenters. The van der Waals surface area contributed by atoms with E-state index >= 15 is 0 Å². The molecule has 0 saturated carbocycles. The van der Waals surface area contributed by atoms with Gasteiger partial charge >= 0.3 is 0 Å². The first-order valence-electron chi connectivity index (χ1n) is 7.55. The Morgan fingerprint density at radius 2 is 1.88 bits per heavy atom. The van der Waals surface area contributed by atoms with Crippen molar-refractivity contribution in [2.75, 3.05) is 0 Å². The fraction of sp³-hybridized carbons (Fsp3) is 0.235. The minimum Gasteiger partial charge on any atom is -0.344 e. The first-order chi connectivity index (χ1) is 11.9. The van der Waals surface area contributed by atoms with Crippen molar-refractivity contribution in [3.63, 3.8) is 0 Å². The van der Waals surface area contributed by atoms with Gasteiger partial charge in [0.2, 0.25) is 5.91 Å². The summed E-state index contributed by atoms with van der Waals surface area (Å²) in [7, 11) is 0. The number of nitrogens with one attached hydrogen (secondary N) is 1. The fourth-order valence-electron chi connectivity index (χ4n) is 2.29. The Labute approximate surface area is 143 Å². The zero-order chi connectivity index (χ0) is 18.4. The van der Waals surface area contributed by atoms with Gasteiger partial charge in [0.15, 0.2) is 5.78 Å². The predicted molar refractivity (Wildman–Crippen MR) is 90.1 cm³/mol. The van der Waals surface area contributed by atoms with Crippen LogP contribution in [0.4, 0.5) is 5.69 Å². The van der Waals surface area contributed by atoms with Gasteiger partial charge in [-0.3, -0.25) is 29.1 Å². The largest absolute Gasteiger partial charge is 0.344 e. The second-order valence-corrected chi connectivity index (χ2v) is 5.53. The minimum atomic E-state index is -0.732. The molecule has 130 valence electrons. The summed E-state index contributed by atoms with van der Waals surface area (Å²) in [5.74, 6) is -0.790. The number of aromatic nitrogens is 1. The first-order valence-corrected chi connectivity index (χ1v) is 7.55. The van der Waals surface area contributed by atoms with E-state index in [1.54, 1.807) is 0 Å². The molecule has 25 heavy (non-hydrogen) atoms. The van der Waals surface area contributed by atoms with Crippen molar-refractivity contribution in [1.29, 1.82) is 0 Å². The van der Waals surface area contributed by atoms with Gasteiger partial charge in [0, 0.05) is 12.1 Å². The summed E-state index contributed by atoms with van der Waals surface area (Å²) in [6.45, 7) is 0.965. The van der Waals surface area contributed by atoms with Crippen LogP contribution in [-0.2, 0) is 22.6 Å². The maximum atomic E-state index is 12.2. The van der Waals surface area contributed by atoms with Crippen LogP contribution in [0.25, 0.3) is 0 Å². The van der Waals surface area contributed by atoms with Gasteiger partial charge in [-0.2, -0.15) is 0 Å². The standard InChI is InChI=1S/C17H17N3O5/c1-12(21)15(9-13-5-3-2-4-6-13)18-16(22)11-19-10-14(20(24)25)7-8-17(19)23/h2-8,10,15H,9,11H2,1H3,(H,18,22)/t15-/m0/s1. The highest BCUT2D eigenvalue weighted by atomic mass is 16.6. The molecular weight excluding hydrogens is 326 g/mol. The number of nitrogens with zero attached hydrogens (tertiary/aromatic N) is 2. The summed E-state index contributed by atoms with van der Waals surface area (Å²) in [4.78, 5) is 45.8. The Bertz CT molecular complexity index is 845. The molecule has 1 heterocycles. The van der Waals surface area contributed by atoms with Crippen LogP contribution < -0.4 is 10.9 Å². The quantitative estimate of drug-likeness (QED) is 0.597. The molecule has 2 rings (SSSR count). The third-order valence-corrected chi connectivity index (χ3v) is 3.60. The molecule has 0 radical (unpaired) electrons. The lowest BCUT2D eigenvalue weighted by Gasteiger charge is -2.16. The van der Waals surface area contributed by atoms with Crippen molar-refractivity contribution in [2.45, 2.75) is 25.9 Å². The van der Waals surface area contributed by atoms with E-state index in [9.17, 15) is 24.5 Å². The summed E-state index contributed by atoms with van der Waals surface area (Å²) in [5, 5.41) is 13.3. The second-order valence-electron chi connectivity index (χ2n) is 5.53. The highest BCUT2D eigenvalue weighted by molar-refractivity contribution is 5.87. The lowest BCUT2D eigenvalue weighted by molar-refractivity contribution is -0.385. The number of nitro groups is 1. The number of rotatable bonds is 7. The van der Waals surface area contributed by atoms with E-state index in [1.165, 1.54) is 6.92 Å². The Kier molecular flexibility index (Phi) is 5.78. The Hall–Kier alpha value is -3.29. The third kappa shape index (κ3) is 5.10. The molecule has 0 unspecified atom stereocenters. The highest BCUT2D eigenvalue weighted by Crippen LogP contribution is 2.07. The van der Waals surface area contributed by atoms with Crippen LogP contribution in [0.3, 0.4) is 0 Å². The number of carbonyl (C=O) groups is 2. The van der Waals surface area contributed by atoms with Gasteiger partial charge < -0.3 is 5.32 Å². The molecule has 0 bridgehead atoms. The van der Waals surface area contributed by atoms with E-state index in [-0.39, 0.29) is 11.5 Å². The van der Waals surface area contributed by atoms with Crippen molar-refractivity contribution >= 4 is 17.4 Å². The van der Waals surface area contributed by atoms with Gasteiger partial charge in [0.1, 0.15) is 6.54 Å². The molecule has 0 aliphatic rings. The van der Waals surface area contributed by atoms with Crippen LogP contribution in [0.1, 0.15) is 12.5 Å². The Balaban J connectivity index is 2.09. The number of Topliss-reactive ketones (excluding diaryl/α,β-unsaturated/α-hetero) is 1. The van der Waals surface area contributed by atoms with E-state index in [0.717, 1.165) is 28.5 Å². The molecule has 1 amide bonds. The minimum absolute atomic E-state index is 0.219. The maximum Gasteiger partial charge on any atom is 0.285 e. The van der Waals surface area contributed by atoms with Gasteiger partial charge in [0.25, 0.3) is 11.2 Å². The average Bonchev–Trinajstić information content (AvgIpc) is 2.57. The van der Waals surface area contributed by atoms with Gasteiger partial charge in [-0.15, -0.1) is 0 Å². The van der Waals surface area contributed by atoms with Crippen molar-refractivity contribution in [1.82, 2.24) is 9.88 Å². The molecule has 0 aliphatic carbocycles. The zero-order valence-electron chi connectivity index (χ0n) is 13.5. The van der Waals surface area contributed by atoms with Gasteiger partial charge in [0.05, 0.1) is 17.2 Å². The molecule has 1 N–H and O–H groups in total. The predicted octanol–water partition coefficient (Wildman–Crippen LogP) is 1.07. The number of hydrogen-bond donors (Lipinski definition) is 1. The van der Waals surface area contributed by atoms with Crippen LogP contribution in [0.5, 0.6) is 0 Å². The van der Waals surface area contributed by atoms with Crippen LogP contribution in [0.2, 0.25) is 0 Å². The molecule has 0 fully saturated rings. The molecule has 0 spiro atoms. The van der Waals surface area contributed by atoms with E-state index in [1.807, 2.05) is 30.3 Å². The SMILES string of the molecule is CC(=O)[C@H](Cc1ccccc1)NC(=O)Cn1cc([N+](=O)[O-])ccc1=O. The van der Waals surface area contributed by atoms with E-state index < -0.39 is 29.0 Å². The topological polar surface area (TPSA) is 111 Å². The fourth-order valence-corrected chi connectivity index (χ4v) is 2.29. The zero-order valence-corrected chi connectivity index (χ0v) is 13.5.